The van der Waals surface area contributed by atoms with Crippen molar-refractivity contribution in [1.29, 1.82) is 0 Å². The Hall–Kier alpha value is -1.34. The number of urea groups is 1. The Bertz CT molecular complexity index is 374. The lowest BCUT2D eigenvalue weighted by Crippen LogP contribution is -2.58. The molecule has 1 saturated carbocycles. The van der Waals surface area contributed by atoms with Crippen molar-refractivity contribution < 1.29 is 24.2 Å². The molecule has 1 aliphatic carbocycles. The molecule has 0 bridgehead atoms. The van der Waals surface area contributed by atoms with Crippen molar-refractivity contribution in [3.05, 3.63) is 0 Å². The van der Waals surface area contributed by atoms with Gasteiger partial charge in [0.1, 0.15) is 0 Å². The average Bonchev–Trinajstić information content (AvgIpc) is 2.50. The van der Waals surface area contributed by atoms with Gasteiger partial charge in [-0.05, 0) is 12.8 Å². The molecule has 3 unspecified atom stereocenters. The molecule has 2 rings (SSSR count). The predicted octanol–water partition coefficient (Wildman–Crippen LogP) is 0.829. The monoisotopic (exact) mass is 300 g/mol. The standard InChI is InChI=1S/C14H24N2O5/c1-20-10(8-13(17)18)9-15-14(19)16-6-7-21-12-5-3-2-4-11(12)16/h10-12H,2-9H2,1H3,(H,15,19)(H,17,18). The van der Waals surface area contributed by atoms with Crippen LogP contribution in [0.1, 0.15) is 32.1 Å². The van der Waals surface area contributed by atoms with Crippen LogP contribution in [-0.4, -0.2) is 67.1 Å². The zero-order valence-electron chi connectivity index (χ0n) is 12.4. The molecular weight excluding hydrogens is 276 g/mol. The second kappa shape index (κ2) is 7.61. The first-order chi connectivity index (χ1) is 10.1. The number of carbonyl (C=O) groups excluding carboxylic acids is 1. The summed E-state index contributed by atoms with van der Waals surface area (Å²) in [6.07, 6.45) is 3.78. The maximum Gasteiger partial charge on any atom is 0.317 e. The largest absolute Gasteiger partial charge is 0.481 e. The van der Waals surface area contributed by atoms with Crippen molar-refractivity contribution in [2.24, 2.45) is 0 Å². The highest BCUT2D eigenvalue weighted by Crippen LogP contribution is 2.28. The molecule has 1 aliphatic heterocycles. The lowest BCUT2D eigenvalue weighted by Gasteiger charge is -2.43. The highest BCUT2D eigenvalue weighted by atomic mass is 16.5. The van der Waals surface area contributed by atoms with Crippen LogP contribution in [-0.2, 0) is 14.3 Å². The summed E-state index contributed by atoms with van der Waals surface area (Å²) in [5.41, 5.74) is 0. The molecule has 7 nitrogen and oxygen atoms in total. The Morgan fingerprint density at radius 1 is 1.43 bits per heavy atom. The Labute approximate surface area is 124 Å². The van der Waals surface area contributed by atoms with Crippen molar-refractivity contribution in [3.63, 3.8) is 0 Å². The number of methoxy groups -OCH3 is 1. The molecule has 1 saturated heterocycles. The fraction of sp³-hybridized carbons (Fsp3) is 0.857. The molecule has 2 fully saturated rings. The van der Waals surface area contributed by atoms with Crippen LogP contribution in [0.15, 0.2) is 0 Å². The number of carbonyl (C=O) groups is 2. The van der Waals surface area contributed by atoms with Gasteiger partial charge in [0, 0.05) is 20.2 Å². The van der Waals surface area contributed by atoms with E-state index in [4.69, 9.17) is 14.6 Å². The first-order valence-corrected chi connectivity index (χ1v) is 7.52. The maximum absolute atomic E-state index is 12.3. The summed E-state index contributed by atoms with van der Waals surface area (Å²) in [4.78, 5) is 24.8. The van der Waals surface area contributed by atoms with Crippen LogP contribution < -0.4 is 5.32 Å². The molecule has 2 amide bonds. The second-order valence-corrected chi connectivity index (χ2v) is 5.60. The van der Waals surface area contributed by atoms with Crippen LogP contribution in [0.5, 0.6) is 0 Å². The second-order valence-electron chi connectivity index (χ2n) is 5.60. The molecule has 0 aromatic heterocycles. The minimum Gasteiger partial charge on any atom is -0.481 e. The first-order valence-electron chi connectivity index (χ1n) is 7.52. The Kier molecular flexibility index (Phi) is 5.81. The molecule has 21 heavy (non-hydrogen) atoms. The number of aliphatic carboxylic acids is 1. The van der Waals surface area contributed by atoms with E-state index in [9.17, 15) is 9.59 Å². The van der Waals surface area contributed by atoms with E-state index in [1.165, 1.54) is 7.11 Å². The number of hydrogen-bond donors (Lipinski definition) is 2. The van der Waals surface area contributed by atoms with Crippen LogP contribution in [0.4, 0.5) is 4.79 Å². The number of nitrogens with one attached hydrogen (secondary N) is 1. The van der Waals surface area contributed by atoms with Gasteiger partial charge in [0.05, 0.1) is 31.3 Å². The van der Waals surface area contributed by atoms with E-state index in [0.717, 1.165) is 25.7 Å². The summed E-state index contributed by atoms with van der Waals surface area (Å²) in [5, 5.41) is 11.5. The van der Waals surface area contributed by atoms with E-state index in [1.807, 2.05) is 4.90 Å². The summed E-state index contributed by atoms with van der Waals surface area (Å²) in [6.45, 7) is 1.36. The lowest BCUT2D eigenvalue weighted by molar-refractivity contribution is -0.139. The zero-order valence-corrected chi connectivity index (χ0v) is 12.4. The summed E-state index contributed by atoms with van der Waals surface area (Å²) in [6, 6.07) is -0.00407. The van der Waals surface area contributed by atoms with E-state index >= 15 is 0 Å². The van der Waals surface area contributed by atoms with Crippen molar-refractivity contribution >= 4 is 12.0 Å². The molecule has 7 heteroatoms. The predicted molar refractivity (Wildman–Crippen MR) is 75.2 cm³/mol. The van der Waals surface area contributed by atoms with Crippen LogP contribution in [0.3, 0.4) is 0 Å². The van der Waals surface area contributed by atoms with Gasteiger partial charge in [0.2, 0.25) is 0 Å². The number of nitrogens with zero attached hydrogens (tertiary/aromatic N) is 1. The maximum atomic E-state index is 12.3. The third-order valence-corrected chi connectivity index (χ3v) is 4.21. The van der Waals surface area contributed by atoms with Crippen LogP contribution in [0.2, 0.25) is 0 Å². The third-order valence-electron chi connectivity index (χ3n) is 4.21. The number of morpholine rings is 1. The smallest absolute Gasteiger partial charge is 0.317 e. The summed E-state index contributed by atoms with van der Waals surface area (Å²) in [7, 11) is 1.45. The van der Waals surface area contributed by atoms with Gasteiger partial charge in [-0.1, -0.05) is 12.8 Å². The normalized spacial score (nSPS) is 26.8. The third kappa shape index (κ3) is 4.31. The van der Waals surface area contributed by atoms with Gasteiger partial charge in [0.25, 0.3) is 0 Å². The highest BCUT2D eigenvalue weighted by Gasteiger charge is 2.36. The average molecular weight is 300 g/mol. The summed E-state index contributed by atoms with van der Waals surface area (Å²) < 4.78 is 10.8. The zero-order chi connectivity index (χ0) is 15.2. The van der Waals surface area contributed by atoms with Gasteiger partial charge in [-0.25, -0.2) is 4.79 Å². The fourth-order valence-corrected chi connectivity index (χ4v) is 3.08. The number of fused-ring (bicyclic) bond motifs is 1. The van der Waals surface area contributed by atoms with Crippen molar-refractivity contribution in [3.8, 4) is 0 Å². The number of ether oxygens (including phenoxy) is 2. The number of rotatable bonds is 5. The molecule has 1 heterocycles. The summed E-state index contributed by atoms with van der Waals surface area (Å²) in [5.74, 6) is -0.935. The molecule has 2 N–H and O–H groups in total. The van der Waals surface area contributed by atoms with Crippen LogP contribution in [0.25, 0.3) is 0 Å². The van der Waals surface area contributed by atoms with Gasteiger partial charge in [-0.3, -0.25) is 4.79 Å². The summed E-state index contributed by atoms with van der Waals surface area (Å²) >= 11 is 0. The lowest BCUT2D eigenvalue weighted by atomic mass is 9.90. The fourth-order valence-electron chi connectivity index (χ4n) is 3.08. The Balaban J connectivity index is 1.85. The molecule has 0 aromatic carbocycles. The van der Waals surface area contributed by atoms with E-state index in [-0.39, 0.29) is 31.1 Å². The topological polar surface area (TPSA) is 88.1 Å². The number of carboxylic acids is 1. The molecule has 0 aromatic rings. The van der Waals surface area contributed by atoms with Crippen molar-refractivity contribution in [2.45, 2.75) is 50.4 Å². The molecule has 0 radical (unpaired) electrons. The van der Waals surface area contributed by atoms with Crippen LogP contribution >= 0.6 is 0 Å². The van der Waals surface area contributed by atoms with Crippen LogP contribution in [0, 0.1) is 0 Å². The van der Waals surface area contributed by atoms with Gasteiger partial charge < -0.3 is 24.8 Å². The quantitative estimate of drug-likeness (QED) is 0.785. The Morgan fingerprint density at radius 3 is 2.90 bits per heavy atom. The molecule has 120 valence electrons. The van der Waals surface area contributed by atoms with Gasteiger partial charge in [0.15, 0.2) is 0 Å². The molecular formula is C14H24N2O5. The van der Waals surface area contributed by atoms with E-state index in [0.29, 0.717) is 13.2 Å². The van der Waals surface area contributed by atoms with Gasteiger partial charge >= 0.3 is 12.0 Å². The van der Waals surface area contributed by atoms with Gasteiger partial charge in [-0.15, -0.1) is 0 Å². The molecule has 0 spiro atoms. The number of hydrogen-bond acceptors (Lipinski definition) is 4. The van der Waals surface area contributed by atoms with Crippen molar-refractivity contribution in [2.75, 3.05) is 26.8 Å². The number of amides is 2. The van der Waals surface area contributed by atoms with E-state index in [1.54, 1.807) is 0 Å². The number of carboxylic acid groups (broad SMARTS) is 1. The van der Waals surface area contributed by atoms with Gasteiger partial charge in [-0.2, -0.15) is 0 Å². The highest BCUT2D eigenvalue weighted by molar-refractivity contribution is 5.75. The minimum absolute atomic E-state index is 0.119. The minimum atomic E-state index is -0.935. The van der Waals surface area contributed by atoms with E-state index in [2.05, 4.69) is 5.32 Å². The SMILES string of the molecule is COC(CNC(=O)N1CCOC2CCCCC21)CC(=O)O. The van der Waals surface area contributed by atoms with E-state index < -0.39 is 12.1 Å². The molecule has 2 aliphatic rings. The molecule has 3 atom stereocenters. The Morgan fingerprint density at radius 2 is 2.19 bits per heavy atom. The van der Waals surface area contributed by atoms with Crippen molar-refractivity contribution in [1.82, 2.24) is 10.2 Å². The first kappa shape index (κ1) is 16.0.